The van der Waals surface area contributed by atoms with Crippen LogP contribution in [-0.2, 0) is 0 Å². The van der Waals surface area contributed by atoms with Gasteiger partial charge >= 0.3 is 0 Å². The molecule has 0 saturated heterocycles. The van der Waals surface area contributed by atoms with Crippen LogP contribution >= 0.6 is 11.6 Å². The van der Waals surface area contributed by atoms with Crippen LogP contribution in [0.1, 0.15) is 20.3 Å². The lowest BCUT2D eigenvalue weighted by Crippen LogP contribution is -2.36. The van der Waals surface area contributed by atoms with E-state index in [1.807, 2.05) is 24.3 Å². The van der Waals surface area contributed by atoms with E-state index in [4.69, 9.17) is 11.6 Å². The molecule has 0 fully saturated rings. The number of alkyl halides is 1. The number of halogens is 1. The molecule has 17 heavy (non-hydrogen) atoms. The fourth-order valence-corrected chi connectivity index (χ4v) is 1.88. The Labute approximate surface area is 106 Å². The maximum absolute atomic E-state index is 6.00. The molecule has 3 nitrogen and oxygen atoms in total. The van der Waals surface area contributed by atoms with Gasteiger partial charge in [-0.25, -0.2) is 0 Å². The Bertz CT molecular complexity index is 503. The Hall–Kier alpha value is -1.35. The van der Waals surface area contributed by atoms with Crippen molar-refractivity contribution >= 4 is 28.2 Å². The van der Waals surface area contributed by atoms with E-state index < -0.39 is 0 Å². The first kappa shape index (κ1) is 12.1. The van der Waals surface area contributed by atoms with E-state index in [0.29, 0.717) is 5.88 Å². The highest BCUT2D eigenvalue weighted by atomic mass is 35.5. The summed E-state index contributed by atoms with van der Waals surface area (Å²) in [7, 11) is 0. The number of benzene rings is 1. The molecule has 1 atom stereocenters. The van der Waals surface area contributed by atoms with Gasteiger partial charge in [-0.1, -0.05) is 31.2 Å². The third-order valence-electron chi connectivity index (χ3n) is 3.07. The number of nitrogens with one attached hydrogen (secondary N) is 1. The lowest BCUT2D eigenvalue weighted by Gasteiger charge is -2.27. The van der Waals surface area contributed by atoms with Gasteiger partial charge in [-0.3, -0.25) is 0 Å². The predicted molar refractivity (Wildman–Crippen MR) is 72.6 cm³/mol. The van der Waals surface area contributed by atoms with Crippen molar-refractivity contribution in [1.82, 2.24) is 10.2 Å². The van der Waals surface area contributed by atoms with Gasteiger partial charge in [0.05, 0.1) is 6.20 Å². The van der Waals surface area contributed by atoms with Gasteiger partial charge in [0.2, 0.25) is 0 Å². The van der Waals surface area contributed by atoms with Crippen LogP contribution in [0.2, 0.25) is 0 Å². The highest BCUT2D eigenvalue weighted by molar-refractivity contribution is 6.18. The van der Waals surface area contributed by atoms with Gasteiger partial charge in [0, 0.05) is 22.2 Å². The van der Waals surface area contributed by atoms with E-state index in [9.17, 15) is 0 Å². The molecule has 0 aliphatic rings. The van der Waals surface area contributed by atoms with Gasteiger partial charge in [0.1, 0.15) is 0 Å². The largest absolute Gasteiger partial charge is 0.362 e. The van der Waals surface area contributed by atoms with E-state index in [1.54, 1.807) is 6.20 Å². The van der Waals surface area contributed by atoms with Gasteiger partial charge in [-0.15, -0.1) is 16.7 Å². The molecular weight excluding hydrogens is 234 g/mol. The molecule has 0 aliphatic heterocycles. The quantitative estimate of drug-likeness (QED) is 0.844. The van der Waals surface area contributed by atoms with Crippen molar-refractivity contribution in [3.63, 3.8) is 0 Å². The fraction of sp³-hybridized carbons (Fsp3) is 0.385. The molecule has 0 radical (unpaired) electrons. The van der Waals surface area contributed by atoms with Gasteiger partial charge in [-0.2, -0.15) is 5.10 Å². The monoisotopic (exact) mass is 249 g/mol. The van der Waals surface area contributed by atoms with Gasteiger partial charge in [0.15, 0.2) is 5.82 Å². The highest BCUT2D eigenvalue weighted by Gasteiger charge is 2.21. The predicted octanol–water partition coefficient (Wildman–Crippen LogP) is 3.45. The molecule has 1 aromatic carbocycles. The average molecular weight is 250 g/mol. The third-order valence-corrected chi connectivity index (χ3v) is 3.66. The van der Waals surface area contributed by atoms with Crippen LogP contribution in [-0.4, -0.2) is 21.6 Å². The van der Waals surface area contributed by atoms with Crippen molar-refractivity contribution in [3.8, 4) is 0 Å². The molecule has 0 aliphatic carbocycles. The summed E-state index contributed by atoms with van der Waals surface area (Å²) < 4.78 is 0. The van der Waals surface area contributed by atoms with Gasteiger partial charge in [-0.05, 0) is 13.3 Å². The lowest BCUT2D eigenvalue weighted by atomic mass is 10.0. The van der Waals surface area contributed by atoms with E-state index >= 15 is 0 Å². The zero-order valence-electron chi connectivity index (χ0n) is 10.1. The lowest BCUT2D eigenvalue weighted by molar-refractivity contribution is 0.551. The molecule has 1 heterocycles. The van der Waals surface area contributed by atoms with Crippen molar-refractivity contribution in [2.24, 2.45) is 0 Å². The number of anilines is 1. The zero-order chi connectivity index (χ0) is 12.3. The van der Waals surface area contributed by atoms with Crippen LogP contribution in [0.4, 0.5) is 5.82 Å². The summed E-state index contributed by atoms with van der Waals surface area (Å²) in [6.07, 6.45) is 2.70. The minimum atomic E-state index is -0.152. The average Bonchev–Trinajstić information content (AvgIpc) is 2.39. The van der Waals surface area contributed by atoms with Crippen molar-refractivity contribution in [1.29, 1.82) is 0 Å². The first-order chi connectivity index (χ1) is 8.18. The fourth-order valence-electron chi connectivity index (χ4n) is 1.62. The van der Waals surface area contributed by atoms with Crippen LogP contribution in [0.15, 0.2) is 30.5 Å². The minimum absolute atomic E-state index is 0.152. The van der Waals surface area contributed by atoms with Crippen LogP contribution in [0.3, 0.4) is 0 Å². The topological polar surface area (TPSA) is 37.8 Å². The van der Waals surface area contributed by atoms with Crippen molar-refractivity contribution in [3.05, 3.63) is 30.5 Å². The van der Waals surface area contributed by atoms with Gasteiger partial charge < -0.3 is 5.32 Å². The number of rotatable bonds is 4. The molecule has 2 rings (SSSR count). The Balaban J connectivity index is 2.42. The van der Waals surface area contributed by atoms with Crippen molar-refractivity contribution < 1.29 is 0 Å². The summed E-state index contributed by atoms with van der Waals surface area (Å²) >= 11 is 6.00. The second kappa shape index (κ2) is 4.88. The summed E-state index contributed by atoms with van der Waals surface area (Å²) in [6.45, 7) is 4.19. The first-order valence-corrected chi connectivity index (χ1v) is 6.26. The summed E-state index contributed by atoms with van der Waals surface area (Å²) in [5.74, 6) is 1.34. The second-order valence-corrected chi connectivity index (χ2v) is 4.72. The van der Waals surface area contributed by atoms with Crippen molar-refractivity contribution in [2.45, 2.75) is 25.8 Å². The summed E-state index contributed by atoms with van der Waals surface area (Å²) in [5, 5.41) is 13.7. The van der Waals surface area contributed by atoms with Crippen LogP contribution in [0, 0.1) is 0 Å². The van der Waals surface area contributed by atoms with E-state index in [2.05, 4.69) is 29.4 Å². The molecule has 1 N–H and O–H groups in total. The number of fused-ring (bicyclic) bond motifs is 1. The number of hydrogen-bond donors (Lipinski definition) is 1. The smallest absolute Gasteiger partial charge is 0.157 e. The summed E-state index contributed by atoms with van der Waals surface area (Å²) in [4.78, 5) is 0. The zero-order valence-corrected chi connectivity index (χ0v) is 10.8. The molecule has 0 saturated carbocycles. The van der Waals surface area contributed by atoms with E-state index in [1.165, 1.54) is 0 Å². The van der Waals surface area contributed by atoms with Crippen LogP contribution in [0.5, 0.6) is 0 Å². The van der Waals surface area contributed by atoms with Crippen molar-refractivity contribution in [2.75, 3.05) is 11.2 Å². The Morgan fingerprint density at radius 1 is 1.35 bits per heavy atom. The molecule has 0 amide bonds. The molecule has 0 spiro atoms. The minimum Gasteiger partial charge on any atom is -0.362 e. The Morgan fingerprint density at radius 3 is 2.82 bits per heavy atom. The van der Waals surface area contributed by atoms with Crippen LogP contribution in [0.25, 0.3) is 10.8 Å². The SMILES string of the molecule is CCC(C)(CCl)Nc1nncc2ccccc12. The summed E-state index contributed by atoms with van der Waals surface area (Å²) in [5.41, 5.74) is -0.152. The maximum Gasteiger partial charge on any atom is 0.157 e. The Kier molecular flexibility index (Phi) is 3.48. The highest BCUT2D eigenvalue weighted by Crippen LogP contribution is 2.24. The van der Waals surface area contributed by atoms with Crippen LogP contribution < -0.4 is 5.32 Å². The van der Waals surface area contributed by atoms with E-state index in [-0.39, 0.29) is 5.54 Å². The molecule has 1 aromatic heterocycles. The molecule has 0 bridgehead atoms. The molecule has 4 heteroatoms. The number of aromatic nitrogens is 2. The molecule has 1 unspecified atom stereocenters. The van der Waals surface area contributed by atoms with Gasteiger partial charge in [0.25, 0.3) is 0 Å². The maximum atomic E-state index is 6.00. The normalized spacial score (nSPS) is 14.5. The summed E-state index contributed by atoms with van der Waals surface area (Å²) in [6, 6.07) is 8.06. The molecule has 90 valence electrons. The Morgan fingerprint density at radius 2 is 2.12 bits per heavy atom. The first-order valence-electron chi connectivity index (χ1n) is 5.73. The second-order valence-electron chi connectivity index (χ2n) is 4.45. The number of nitrogens with zero attached hydrogens (tertiary/aromatic N) is 2. The van der Waals surface area contributed by atoms with E-state index in [0.717, 1.165) is 23.0 Å². The molecular formula is C13H16ClN3. The molecule has 2 aromatic rings. The number of hydrogen-bond acceptors (Lipinski definition) is 3. The third kappa shape index (κ3) is 2.50. The standard InChI is InChI=1S/C13H16ClN3/c1-3-13(2,9-14)16-12-11-7-5-4-6-10(11)8-15-17-12/h4-8H,3,9H2,1-2H3,(H,16,17).